The van der Waals surface area contributed by atoms with Gasteiger partial charge in [0, 0.05) is 35.3 Å². The average Bonchev–Trinajstić information content (AvgIpc) is 2.90. The normalized spacial score (nSPS) is 14.9. The van der Waals surface area contributed by atoms with Crippen molar-refractivity contribution in [3.05, 3.63) is 71.4 Å². The standard InChI is InChI=1S/C28H34N4O4/c1-3-16-32(35)27(34)28(12-14-29-15-13-28)19-30-26(33)21-8-10-23(11-9-21)36-18-22-17-20(2)31-25-7-5-4-6-24(22)25/h4-11,17,29,35H,3,12-16,18-19H2,1-2H3,(H,30,33). The Balaban J connectivity index is 1.38. The lowest BCUT2D eigenvalue weighted by molar-refractivity contribution is -0.178. The summed E-state index contributed by atoms with van der Waals surface area (Å²) in [7, 11) is 0. The van der Waals surface area contributed by atoms with Gasteiger partial charge < -0.3 is 15.4 Å². The number of aromatic nitrogens is 1. The maximum Gasteiger partial charge on any atom is 0.254 e. The number of piperidine rings is 1. The van der Waals surface area contributed by atoms with Gasteiger partial charge in [0.05, 0.1) is 10.9 Å². The molecule has 1 fully saturated rings. The highest BCUT2D eigenvalue weighted by Gasteiger charge is 2.42. The number of nitrogens with zero attached hydrogens (tertiary/aromatic N) is 2. The molecule has 190 valence electrons. The summed E-state index contributed by atoms with van der Waals surface area (Å²) in [6.45, 7) is 6.05. The SMILES string of the molecule is CCCN(O)C(=O)C1(CNC(=O)c2ccc(OCc3cc(C)nc4ccccc34)cc2)CCNCC1. The van der Waals surface area contributed by atoms with Crippen LogP contribution in [-0.2, 0) is 11.4 Å². The third-order valence-corrected chi connectivity index (χ3v) is 6.71. The molecule has 0 atom stereocenters. The molecule has 3 aromatic rings. The van der Waals surface area contributed by atoms with Gasteiger partial charge in [-0.05, 0) is 75.7 Å². The van der Waals surface area contributed by atoms with E-state index in [9.17, 15) is 14.8 Å². The van der Waals surface area contributed by atoms with Crippen molar-refractivity contribution in [3.8, 4) is 5.75 Å². The number of hydrogen-bond donors (Lipinski definition) is 3. The largest absolute Gasteiger partial charge is 0.489 e. The van der Waals surface area contributed by atoms with Crippen molar-refractivity contribution >= 4 is 22.7 Å². The topological polar surface area (TPSA) is 104 Å². The van der Waals surface area contributed by atoms with Crippen molar-refractivity contribution in [2.45, 2.75) is 39.7 Å². The Bertz CT molecular complexity index is 1210. The first kappa shape index (κ1) is 25.6. The van der Waals surface area contributed by atoms with Crippen molar-refractivity contribution in [1.29, 1.82) is 0 Å². The molecule has 0 bridgehead atoms. The van der Waals surface area contributed by atoms with Gasteiger partial charge in [0.15, 0.2) is 0 Å². The molecule has 8 nitrogen and oxygen atoms in total. The van der Waals surface area contributed by atoms with Crippen LogP contribution < -0.4 is 15.4 Å². The second-order valence-electron chi connectivity index (χ2n) is 9.39. The number of para-hydroxylation sites is 1. The fourth-order valence-corrected chi connectivity index (χ4v) is 4.69. The van der Waals surface area contributed by atoms with Crippen LogP contribution in [0.5, 0.6) is 5.75 Å². The van der Waals surface area contributed by atoms with Gasteiger partial charge in [-0.25, -0.2) is 5.06 Å². The van der Waals surface area contributed by atoms with Crippen LogP contribution in [0.1, 0.15) is 47.8 Å². The Morgan fingerprint density at radius 3 is 2.58 bits per heavy atom. The number of carbonyl (C=O) groups is 2. The predicted octanol–water partition coefficient (Wildman–Crippen LogP) is 3.85. The summed E-state index contributed by atoms with van der Waals surface area (Å²) in [4.78, 5) is 30.4. The number of pyridine rings is 1. The zero-order chi connectivity index (χ0) is 25.5. The second-order valence-corrected chi connectivity index (χ2v) is 9.39. The minimum atomic E-state index is -0.806. The summed E-state index contributed by atoms with van der Waals surface area (Å²) in [5.74, 6) is 0.0716. The highest BCUT2D eigenvalue weighted by molar-refractivity contribution is 5.95. The van der Waals surface area contributed by atoms with Gasteiger partial charge in [-0.15, -0.1) is 0 Å². The Hall–Kier alpha value is -3.49. The van der Waals surface area contributed by atoms with E-state index in [1.807, 2.05) is 44.2 Å². The van der Waals surface area contributed by atoms with E-state index in [0.717, 1.165) is 27.2 Å². The monoisotopic (exact) mass is 490 g/mol. The smallest absolute Gasteiger partial charge is 0.254 e. The van der Waals surface area contributed by atoms with E-state index in [1.54, 1.807) is 24.3 Å². The van der Waals surface area contributed by atoms with Crippen LogP contribution in [0.4, 0.5) is 0 Å². The van der Waals surface area contributed by atoms with E-state index in [-0.39, 0.29) is 24.9 Å². The molecule has 8 heteroatoms. The van der Waals surface area contributed by atoms with Crippen LogP contribution in [0.2, 0.25) is 0 Å². The molecule has 36 heavy (non-hydrogen) atoms. The fourth-order valence-electron chi connectivity index (χ4n) is 4.69. The van der Waals surface area contributed by atoms with Crippen LogP contribution in [0.3, 0.4) is 0 Å². The van der Waals surface area contributed by atoms with Crippen molar-refractivity contribution in [2.75, 3.05) is 26.2 Å². The zero-order valence-electron chi connectivity index (χ0n) is 20.9. The lowest BCUT2D eigenvalue weighted by atomic mass is 9.77. The number of aryl methyl sites for hydroxylation is 1. The maximum atomic E-state index is 13.0. The molecule has 2 heterocycles. The number of rotatable bonds is 9. The Morgan fingerprint density at radius 2 is 1.86 bits per heavy atom. The van der Waals surface area contributed by atoms with Gasteiger partial charge in [0.25, 0.3) is 11.8 Å². The average molecular weight is 491 g/mol. The highest BCUT2D eigenvalue weighted by atomic mass is 16.5. The van der Waals surface area contributed by atoms with Gasteiger partial charge >= 0.3 is 0 Å². The molecule has 2 amide bonds. The van der Waals surface area contributed by atoms with Crippen molar-refractivity contribution in [2.24, 2.45) is 5.41 Å². The molecule has 3 N–H and O–H groups in total. The summed E-state index contributed by atoms with van der Waals surface area (Å²) >= 11 is 0. The first-order valence-electron chi connectivity index (χ1n) is 12.5. The van der Waals surface area contributed by atoms with E-state index in [1.165, 1.54) is 0 Å². The zero-order valence-corrected chi connectivity index (χ0v) is 20.9. The number of hydrogen-bond acceptors (Lipinski definition) is 6. The number of carbonyl (C=O) groups excluding carboxylic acids is 2. The molecule has 1 aromatic heterocycles. The van der Waals surface area contributed by atoms with E-state index < -0.39 is 5.41 Å². The van der Waals surface area contributed by atoms with E-state index in [2.05, 4.69) is 15.6 Å². The lowest BCUT2D eigenvalue weighted by Gasteiger charge is -2.38. The van der Waals surface area contributed by atoms with Gasteiger partial charge in [-0.1, -0.05) is 25.1 Å². The third kappa shape index (κ3) is 5.83. The summed E-state index contributed by atoms with van der Waals surface area (Å²) in [5, 5.41) is 18.2. The molecular weight excluding hydrogens is 456 g/mol. The molecule has 2 aromatic carbocycles. The molecule has 1 saturated heterocycles. The molecule has 1 aliphatic rings. The number of hydroxylamine groups is 2. The first-order valence-corrected chi connectivity index (χ1v) is 12.5. The Labute approximate surface area is 211 Å². The Morgan fingerprint density at radius 1 is 1.14 bits per heavy atom. The van der Waals surface area contributed by atoms with Crippen LogP contribution in [-0.4, -0.2) is 53.2 Å². The van der Waals surface area contributed by atoms with Crippen molar-refractivity contribution in [1.82, 2.24) is 20.7 Å². The molecule has 0 unspecified atom stereocenters. The summed E-state index contributed by atoms with van der Waals surface area (Å²) in [6.07, 6.45) is 1.78. The molecule has 4 rings (SSSR count). The number of ether oxygens (including phenoxy) is 1. The van der Waals surface area contributed by atoms with Gasteiger partial charge in [-0.2, -0.15) is 0 Å². The fraction of sp³-hybridized carbons (Fsp3) is 0.393. The molecule has 0 radical (unpaired) electrons. The third-order valence-electron chi connectivity index (χ3n) is 6.71. The lowest BCUT2D eigenvalue weighted by Crippen LogP contribution is -2.54. The summed E-state index contributed by atoms with van der Waals surface area (Å²) in [6, 6.07) is 17.0. The van der Waals surface area contributed by atoms with Crippen LogP contribution >= 0.6 is 0 Å². The maximum absolute atomic E-state index is 13.0. The number of amides is 2. The first-order chi connectivity index (χ1) is 17.4. The molecular formula is C28H34N4O4. The summed E-state index contributed by atoms with van der Waals surface area (Å²) in [5.41, 5.74) is 2.60. The number of benzene rings is 2. The quantitative estimate of drug-likeness (QED) is 0.311. The van der Waals surface area contributed by atoms with Crippen molar-refractivity contribution in [3.63, 3.8) is 0 Å². The highest BCUT2D eigenvalue weighted by Crippen LogP contribution is 2.30. The minimum Gasteiger partial charge on any atom is -0.489 e. The van der Waals surface area contributed by atoms with Crippen LogP contribution in [0.15, 0.2) is 54.6 Å². The van der Waals surface area contributed by atoms with Crippen LogP contribution in [0.25, 0.3) is 10.9 Å². The molecule has 0 spiro atoms. The van der Waals surface area contributed by atoms with Crippen LogP contribution in [0, 0.1) is 12.3 Å². The van der Waals surface area contributed by atoms with E-state index in [0.29, 0.717) is 50.3 Å². The van der Waals surface area contributed by atoms with Gasteiger partial charge in [0.1, 0.15) is 12.4 Å². The van der Waals surface area contributed by atoms with Gasteiger partial charge in [-0.3, -0.25) is 19.8 Å². The number of fused-ring (bicyclic) bond motifs is 1. The molecule has 1 aliphatic heterocycles. The number of nitrogens with one attached hydrogen (secondary N) is 2. The molecule has 0 saturated carbocycles. The van der Waals surface area contributed by atoms with E-state index >= 15 is 0 Å². The minimum absolute atomic E-state index is 0.180. The molecule has 0 aliphatic carbocycles. The predicted molar refractivity (Wildman–Crippen MR) is 138 cm³/mol. The Kier molecular flexibility index (Phi) is 8.18. The van der Waals surface area contributed by atoms with E-state index in [4.69, 9.17) is 4.74 Å². The van der Waals surface area contributed by atoms with Crippen molar-refractivity contribution < 1.29 is 19.5 Å². The second kappa shape index (κ2) is 11.5. The summed E-state index contributed by atoms with van der Waals surface area (Å²) < 4.78 is 6.00. The van der Waals surface area contributed by atoms with Gasteiger partial charge in [0.2, 0.25) is 0 Å².